The minimum Gasteiger partial charge on any atom is -0.361 e. The van der Waals surface area contributed by atoms with Gasteiger partial charge in [0.1, 0.15) is 12.4 Å². The topological polar surface area (TPSA) is 24.9 Å². The molecule has 2 nitrogen and oxygen atoms in total. The van der Waals surface area contributed by atoms with Crippen LogP contribution in [0.25, 0.3) is 0 Å². The molecule has 1 aromatic rings. The monoisotopic (exact) mass is 254 g/mol. The van der Waals surface area contributed by atoms with E-state index in [0.717, 1.165) is 4.47 Å². The normalized spacial score (nSPS) is 11.4. The molecule has 0 aliphatic carbocycles. The largest absolute Gasteiger partial charge is 0.405 e. The molecular formula is C7H6BrF3N2. The second kappa shape index (κ2) is 3.95. The van der Waals surface area contributed by atoms with Crippen LogP contribution in [0.15, 0.2) is 22.8 Å². The van der Waals surface area contributed by atoms with Crippen molar-refractivity contribution < 1.29 is 13.2 Å². The van der Waals surface area contributed by atoms with Gasteiger partial charge in [0.2, 0.25) is 0 Å². The molecule has 0 saturated carbocycles. The van der Waals surface area contributed by atoms with Crippen LogP contribution >= 0.6 is 15.9 Å². The number of anilines is 1. The third-order valence-corrected chi connectivity index (χ3v) is 1.67. The average molecular weight is 255 g/mol. The van der Waals surface area contributed by atoms with Crippen LogP contribution in [0.4, 0.5) is 19.0 Å². The number of pyridine rings is 1. The number of rotatable bonds is 2. The number of halogens is 4. The highest BCUT2D eigenvalue weighted by Crippen LogP contribution is 2.16. The zero-order valence-electron chi connectivity index (χ0n) is 6.40. The van der Waals surface area contributed by atoms with Gasteiger partial charge in [-0.2, -0.15) is 13.2 Å². The van der Waals surface area contributed by atoms with Crippen LogP contribution in [0.1, 0.15) is 0 Å². The van der Waals surface area contributed by atoms with Gasteiger partial charge >= 0.3 is 6.18 Å². The standard InChI is InChI=1S/C7H6BrF3N2/c8-5-1-2-6(12-3-5)13-4-7(9,10)11/h1-3H,4H2,(H,12,13). The molecule has 13 heavy (non-hydrogen) atoms. The minimum atomic E-state index is -4.21. The minimum absolute atomic E-state index is 0.209. The Morgan fingerprint density at radius 3 is 2.54 bits per heavy atom. The van der Waals surface area contributed by atoms with Crippen molar-refractivity contribution in [3.05, 3.63) is 22.8 Å². The number of nitrogens with zero attached hydrogens (tertiary/aromatic N) is 1. The summed E-state index contributed by atoms with van der Waals surface area (Å²) in [6.45, 7) is -1.07. The van der Waals surface area contributed by atoms with Crippen LogP contribution < -0.4 is 5.32 Å². The third-order valence-electron chi connectivity index (χ3n) is 1.20. The van der Waals surface area contributed by atoms with Gasteiger partial charge in [0.25, 0.3) is 0 Å². The fourth-order valence-electron chi connectivity index (χ4n) is 0.671. The van der Waals surface area contributed by atoms with E-state index in [1.165, 1.54) is 12.3 Å². The van der Waals surface area contributed by atoms with E-state index in [9.17, 15) is 13.2 Å². The number of aromatic nitrogens is 1. The third kappa shape index (κ3) is 4.12. The number of nitrogens with one attached hydrogen (secondary N) is 1. The average Bonchev–Trinajstić information content (AvgIpc) is 2.02. The Morgan fingerprint density at radius 1 is 1.38 bits per heavy atom. The first-order valence-corrected chi connectivity index (χ1v) is 4.19. The molecule has 0 aliphatic rings. The summed E-state index contributed by atoms with van der Waals surface area (Å²) in [4.78, 5) is 3.72. The SMILES string of the molecule is FC(F)(F)CNc1ccc(Br)cn1. The first-order chi connectivity index (χ1) is 5.97. The molecule has 6 heteroatoms. The second-order valence-electron chi connectivity index (χ2n) is 2.33. The Morgan fingerprint density at radius 2 is 2.08 bits per heavy atom. The second-order valence-corrected chi connectivity index (χ2v) is 3.25. The van der Waals surface area contributed by atoms with E-state index in [-0.39, 0.29) is 5.82 Å². The quantitative estimate of drug-likeness (QED) is 0.878. The molecule has 0 fully saturated rings. The molecular weight excluding hydrogens is 249 g/mol. The van der Waals surface area contributed by atoms with Crippen molar-refractivity contribution in [1.29, 1.82) is 0 Å². The number of hydrogen-bond donors (Lipinski definition) is 1. The molecule has 72 valence electrons. The van der Waals surface area contributed by atoms with Crippen molar-refractivity contribution in [2.45, 2.75) is 6.18 Å². The van der Waals surface area contributed by atoms with Crippen LogP contribution in [-0.4, -0.2) is 17.7 Å². The Hall–Kier alpha value is -0.780. The zero-order valence-corrected chi connectivity index (χ0v) is 7.98. The first kappa shape index (κ1) is 10.3. The van der Waals surface area contributed by atoms with Gasteiger partial charge in [-0.15, -0.1) is 0 Å². The molecule has 0 amide bonds. The summed E-state index contributed by atoms with van der Waals surface area (Å²) in [7, 11) is 0. The maximum Gasteiger partial charge on any atom is 0.405 e. The zero-order chi connectivity index (χ0) is 9.90. The van der Waals surface area contributed by atoms with Crippen LogP contribution in [0, 0.1) is 0 Å². The lowest BCUT2D eigenvalue weighted by Gasteiger charge is -2.08. The molecule has 0 aliphatic heterocycles. The predicted molar refractivity (Wildman–Crippen MR) is 46.5 cm³/mol. The molecule has 1 rings (SSSR count). The summed E-state index contributed by atoms with van der Waals surface area (Å²) in [5.41, 5.74) is 0. The van der Waals surface area contributed by atoms with Gasteiger partial charge in [0.15, 0.2) is 0 Å². The summed E-state index contributed by atoms with van der Waals surface area (Å²) in [5, 5.41) is 2.15. The van der Waals surface area contributed by atoms with Crippen molar-refractivity contribution in [3.63, 3.8) is 0 Å². The van der Waals surface area contributed by atoms with E-state index >= 15 is 0 Å². The smallest absolute Gasteiger partial charge is 0.361 e. The van der Waals surface area contributed by atoms with Crippen LogP contribution in [0.3, 0.4) is 0 Å². The highest BCUT2D eigenvalue weighted by molar-refractivity contribution is 9.10. The molecule has 0 unspecified atom stereocenters. The van der Waals surface area contributed by atoms with E-state index in [1.807, 2.05) is 0 Å². The van der Waals surface area contributed by atoms with E-state index in [0.29, 0.717) is 0 Å². The lowest BCUT2D eigenvalue weighted by Crippen LogP contribution is -2.21. The van der Waals surface area contributed by atoms with Gasteiger partial charge in [-0.1, -0.05) is 0 Å². The number of hydrogen-bond acceptors (Lipinski definition) is 2. The fraction of sp³-hybridized carbons (Fsp3) is 0.286. The van der Waals surface area contributed by atoms with E-state index in [2.05, 4.69) is 26.2 Å². The molecule has 0 atom stereocenters. The molecule has 1 aromatic heterocycles. The van der Waals surface area contributed by atoms with E-state index < -0.39 is 12.7 Å². The van der Waals surface area contributed by atoms with Crippen molar-refractivity contribution >= 4 is 21.7 Å². The van der Waals surface area contributed by atoms with E-state index in [1.54, 1.807) is 6.07 Å². The molecule has 0 spiro atoms. The fourth-order valence-corrected chi connectivity index (χ4v) is 0.906. The Balaban J connectivity index is 2.51. The maximum absolute atomic E-state index is 11.7. The molecule has 0 bridgehead atoms. The van der Waals surface area contributed by atoms with Gasteiger partial charge in [-0.05, 0) is 28.1 Å². The van der Waals surface area contributed by atoms with E-state index in [4.69, 9.17) is 0 Å². The van der Waals surface area contributed by atoms with Crippen molar-refractivity contribution in [2.24, 2.45) is 0 Å². The van der Waals surface area contributed by atoms with Crippen molar-refractivity contribution in [2.75, 3.05) is 11.9 Å². The molecule has 1 heterocycles. The van der Waals surface area contributed by atoms with Gasteiger partial charge in [0, 0.05) is 10.7 Å². The molecule has 0 radical (unpaired) electrons. The summed E-state index contributed by atoms with van der Waals surface area (Å²) in [5.74, 6) is 0.209. The Bertz CT molecular complexity index is 270. The summed E-state index contributed by atoms with van der Waals surface area (Å²) >= 11 is 3.12. The highest BCUT2D eigenvalue weighted by atomic mass is 79.9. The van der Waals surface area contributed by atoms with Crippen molar-refractivity contribution in [3.8, 4) is 0 Å². The summed E-state index contributed by atoms with van der Waals surface area (Å²) in [6.07, 6.45) is -2.78. The Labute approximate surface area is 81.3 Å². The molecule has 0 saturated heterocycles. The van der Waals surface area contributed by atoms with Gasteiger partial charge in [-0.3, -0.25) is 0 Å². The molecule has 1 N–H and O–H groups in total. The summed E-state index contributed by atoms with van der Waals surface area (Å²) in [6, 6.07) is 3.08. The highest BCUT2D eigenvalue weighted by Gasteiger charge is 2.26. The van der Waals surface area contributed by atoms with Gasteiger partial charge < -0.3 is 5.32 Å². The van der Waals surface area contributed by atoms with Crippen LogP contribution in [0.2, 0.25) is 0 Å². The lowest BCUT2D eigenvalue weighted by atomic mass is 10.4. The van der Waals surface area contributed by atoms with Crippen LogP contribution in [-0.2, 0) is 0 Å². The predicted octanol–water partition coefficient (Wildman–Crippen LogP) is 2.82. The molecule has 0 aromatic carbocycles. The summed E-state index contributed by atoms with van der Waals surface area (Å²) < 4.78 is 35.9. The maximum atomic E-state index is 11.7. The van der Waals surface area contributed by atoms with Crippen molar-refractivity contribution in [1.82, 2.24) is 4.98 Å². The van der Waals surface area contributed by atoms with Gasteiger partial charge in [-0.25, -0.2) is 4.98 Å². The Kier molecular flexibility index (Phi) is 3.13. The van der Waals surface area contributed by atoms with Crippen LogP contribution in [0.5, 0.6) is 0 Å². The number of alkyl halides is 3. The first-order valence-electron chi connectivity index (χ1n) is 3.39. The lowest BCUT2D eigenvalue weighted by molar-refractivity contribution is -0.115. The van der Waals surface area contributed by atoms with Gasteiger partial charge in [0.05, 0.1) is 0 Å².